The van der Waals surface area contributed by atoms with E-state index in [1.165, 1.54) is 0 Å². The molecule has 8 heteroatoms. The molecule has 0 aliphatic heterocycles. The molecule has 0 aromatic heterocycles. The molecule has 0 spiro atoms. The van der Waals surface area contributed by atoms with E-state index >= 15 is 0 Å². The van der Waals surface area contributed by atoms with Gasteiger partial charge in [0.05, 0.1) is 15.6 Å². The van der Waals surface area contributed by atoms with Crippen molar-refractivity contribution in [3.05, 3.63) is 76.8 Å². The number of hydrogen-bond acceptors (Lipinski definition) is 4. The van der Waals surface area contributed by atoms with Crippen LogP contribution in [0.2, 0.25) is 10.0 Å². The summed E-state index contributed by atoms with van der Waals surface area (Å²) in [5, 5.41) is 1.02. The number of sulfonamides is 1. The third-order valence-electron chi connectivity index (χ3n) is 4.33. The quantitative estimate of drug-likeness (QED) is 0.484. The maximum absolute atomic E-state index is 12.8. The molecule has 0 bridgehead atoms. The van der Waals surface area contributed by atoms with Crippen molar-refractivity contribution in [3.63, 3.8) is 0 Å². The van der Waals surface area contributed by atoms with Gasteiger partial charge >= 0.3 is 0 Å². The number of likely N-dealkylation sites (N-methyl/N-ethyl adjacent to an activating group) is 1. The summed E-state index contributed by atoms with van der Waals surface area (Å²) in [6, 6.07) is 18.7. The SMILES string of the molecule is CN(C)CCOc1cc(NS(=O)(=O)c2ccc(-c3ccccc3Cl)cc2)ccc1Cl. The van der Waals surface area contributed by atoms with Crippen LogP contribution in [-0.4, -0.2) is 40.6 Å². The van der Waals surface area contributed by atoms with Crippen LogP contribution in [0, 0.1) is 0 Å². The van der Waals surface area contributed by atoms with E-state index in [4.69, 9.17) is 27.9 Å². The second-order valence-electron chi connectivity index (χ2n) is 6.91. The Hall–Kier alpha value is -2.25. The van der Waals surface area contributed by atoms with Gasteiger partial charge < -0.3 is 9.64 Å². The lowest BCUT2D eigenvalue weighted by atomic mass is 10.1. The molecule has 0 saturated heterocycles. The van der Waals surface area contributed by atoms with E-state index in [0.29, 0.717) is 34.6 Å². The molecule has 0 aliphatic carbocycles. The van der Waals surface area contributed by atoms with Crippen molar-refractivity contribution in [3.8, 4) is 16.9 Å². The summed E-state index contributed by atoms with van der Waals surface area (Å²) in [5.41, 5.74) is 2.05. The number of nitrogens with zero attached hydrogens (tertiary/aromatic N) is 1. The van der Waals surface area contributed by atoms with Gasteiger partial charge in [0, 0.05) is 23.2 Å². The molecule has 0 unspecified atom stereocenters. The maximum atomic E-state index is 12.8. The highest BCUT2D eigenvalue weighted by Crippen LogP contribution is 2.31. The smallest absolute Gasteiger partial charge is 0.261 e. The van der Waals surface area contributed by atoms with Crippen LogP contribution in [0.4, 0.5) is 5.69 Å². The van der Waals surface area contributed by atoms with Crippen molar-refractivity contribution in [2.24, 2.45) is 0 Å². The summed E-state index contributed by atoms with van der Waals surface area (Å²) in [5.74, 6) is 0.424. The molecule has 3 rings (SSSR count). The monoisotopic (exact) mass is 464 g/mol. The van der Waals surface area contributed by atoms with Crippen molar-refractivity contribution in [2.45, 2.75) is 4.90 Å². The number of rotatable bonds is 8. The Morgan fingerprint density at radius 2 is 1.63 bits per heavy atom. The topological polar surface area (TPSA) is 58.6 Å². The third kappa shape index (κ3) is 5.67. The highest BCUT2D eigenvalue weighted by atomic mass is 35.5. The first-order chi connectivity index (χ1) is 14.3. The van der Waals surface area contributed by atoms with Gasteiger partial charge in [-0.1, -0.05) is 53.5 Å². The fourth-order valence-corrected chi connectivity index (χ4v) is 4.21. The number of ether oxygens (including phenoxy) is 1. The number of halogens is 2. The van der Waals surface area contributed by atoms with Crippen LogP contribution in [0.15, 0.2) is 71.6 Å². The van der Waals surface area contributed by atoms with Crippen LogP contribution in [0.1, 0.15) is 0 Å². The van der Waals surface area contributed by atoms with E-state index in [0.717, 1.165) is 11.1 Å². The van der Waals surface area contributed by atoms with Crippen LogP contribution in [0.3, 0.4) is 0 Å². The Morgan fingerprint density at radius 3 is 2.30 bits per heavy atom. The molecule has 3 aromatic rings. The molecule has 0 atom stereocenters. The summed E-state index contributed by atoms with van der Waals surface area (Å²) in [6.45, 7) is 1.15. The van der Waals surface area contributed by atoms with Crippen molar-refractivity contribution in [1.82, 2.24) is 4.90 Å². The Labute approximate surface area is 187 Å². The van der Waals surface area contributed by atoms with Crippen molar-refractivity contribution >= 4 is 38.9 Å². The molecular weight excluding hydrogens is 443 g/mol. The lowest BCUT2D eigenvalue weighted by Gasteiger charge is -2.14. The van der Waals surface area contributed by atoms with Crippen LogP contribution < -0.4 is 9.46 Å². The zero-order valence-corrected chi connectivity index (χ0v) is 18.9. The summed E-state index contributed by atoms with van der Waals surface area (Å²) in [6.07, 6.45) is 0. The van der Waals surface area contributed by atoms with Gasteiger partial charge in [0.25, 0.3) is 10.0 Å². The minimum absolute atomic E-state index is 0.142. The highest BCUT2D eigenvalue weighted by molar-refractivity contribution is 7.92. The molecule has 0 aliphatic rings. The molecule has 158 valence electrons. The van der Waals surface area contributed by atoms with E-state index in [1.807, 2.05) is 37.2 Å². The van der Waals surface area contributed by atoms with Gasteiger partial charge in [-0.05, 0) is 50.0 Å². The summed E-state index contributed by atoms with van der Waals surface area (Å²) in [4.78, 5) is 2.12. The zero-order valence-electron chi connectivity index (χ0n) is 16.6. The molecule has 5 nitrogen and oxygen atoms in total. The van der Waals surface area contributed by atoms with Gasteiger partial charge in [0.2, 0.25) is 0 Å². The number of nitrogens with one attached hydrogen (secondary N) is 1. The van der Waals surface area contributed by atoms with Crippen LogP contribution in [0.5, 0.6) is 5.75 Å². The van der Waals surface area contributed by atoms with Gasteiger partial charge in [0.15, 0.2) is 0 Å². The molecular formula is C22H22Cl2N2O3S. The largest absolute Gasteiger partial charge is 0.491 e. The maximum Gasteiger partial charge on any atom is 0.261 e. The second kappa shape index (κ2) is 9.71. The Kier molecular flexibility index (Phi) is 7.26. The lowest BCUT2D eigenvalue weighted by Crippen LogP contribution is -2.19. The average molecular weight is 465 g/mol. The van der Waals surface area contributed by atoms with Crippen LogP contribution in [-0.2, 0) is 10.0 Å². The zero-order chi connectivity index (χ0) is 21.7. The number of benzene rings is 3. The summed E-state index contributed by atoms with van der Waals surface area (Å²) >= 11 is 12.4. The van der Waals surface area contributed by atoms with Crippen LogP contribution in [0.25, 0.3) is 11.1 Å². The molecule has 3 aromatic carbocycles. The first-order valence-corrected chi connectivity index (χ1v) is 11.4. The van der Waals surface area contributed by atoms with E-state index in [1.54, 1.807) is 48.5 Å². The van der Waals surface area contributed by atoms with Crippen LogP contribution >= 0.6 is 23.2 Å². The minimum Gasteiger partial charge on any atom is -0.491 e. The first kappa shape index (κ1) is 22.4. The standard InChI is InChI=1S/C22H22Cl2N2O3S/c1-26(2)13-14-29-22-15-17(9-12-21(22)24)25-30(27,28)18-10-7-16(8-11-18)19-5-3-4-6-20(19)23/h3-12,15,25H,13-14H2,1-2H3. The minimum atomic E-state index is -3.78. The first-order valence-electron chi connectivity index (χ1n) is 9.21. The number of hydrogen-bond donors (Lipinski definition) is 1. The molecule has 0 amide bonds. The summed E-state index contributed by atoms with van der Waals surface area (Å²) < 4.78 is 33.8. The average Bonchev–Trinajstić information content (AvgIpc) is 2.70. The summed E-state index contributed by atoms with van der Waals surface area (Å²) in [7, 11) is 0.0983. The van der Waals surface area contributed by atoms with E-state index in [-0.39, 0.29) is 4.90 Å². The second-order valence-corrected chi connectivity index (χ2v) is 9.40. The molecule has 0 radical (unpaired) electrons. The Morgan fingerprint density at radius 1 is 0.933 bits per heavy atom. The van der Waals surface area contributed by atoms with E-state index in [2.05, 4.69) is 4.72 Å². The van der Waals surface area contributed by atoms with Gasteiger partial charge in [-0.15, -0.1) is 0 Å². The predicted octanol–water partition coefficient (Wildman–Crippen LogP) is 5.40. The molecule has 0 heterocycles. The van der Waals surface area contributed by atoms with Gasteiger partial charge in [-0.25, -0.2) is 8.42 Å². The normalized spacial score (nSPS) is 11.5. The van der Waals surface area contributed by atoms with Gasteiger partial charge in [-0.2, -0.15) is 0 Å². The van der Waals surface area contributed by atoms with E-state index < -0.39 is 10.0 Å². The van der Waals surface area contributed by atoms with E-state index in [9.17, 15) is 8.42 Å². The highest BCUT2D eigenvalue weighted by Gasteiger charge is 2.16. The predicted molar refractivity (Wildman–Crippen MR) is 123 cm³/mol. The Balaban J connectivity index is 1.77. The molecule has 30 heavy (non-hydrogen) atoms. The third-order valence-corrected chi connectivity index (χ3v) is 6.37. The molecule has 0 saturated carbocycles. The van der Waals surface area contributed by atoms with Crippen molar-refractivity contribution < 1.29 is 13.2 Å². The molecule has 0 fully saturated rings. The fraction of sp³-hybridized carbons (Fsp3) is 0.182. The fourth-order valence-electron chi connectivity index (χ4n) is 2.74. The van der Waals surface area contributed by atoms with Crippen molar-refractivity contribution in [2.75, 3.05) is 32.0 Å². The van der Waals surface area contributed by atoms with Crippen molar-refractivity contribution in [1.29, 1.82) is 0 Å². The van der Waals surface area contributed by atoms with Gasteiger partial charge in [-0.3, -0.25) is 4.72 Å². The van der Waals surface area contributed by atoms with Gasteiger partial charge in [0.1, 0.15) is 12.4 Å². The number of anilines is 1. The Bertz CT molecular complexity index is 1120. The lowest BCUT2D eigenvalue weighted by molar-refractivity contribution is 0.261. The molecule has 1 N–H and O–H groups in total.